The third kappa shape index (κ3) is 3.93. The Bertz CT molecular complexity index is 834. The summed E-state index contributed by atoms with van der Waals surface area (Å²) >= 11 is 0. The molecule has 4 N–H and O–H groups in total. The van der Waals surface area contributed by atoms with Crippen LogP contribution in [0.2, 0.25) is 0 Å². The molecule has 1 fully saturated rings. The zero-order valence-electron chi connectivity index (χ0n) is 15.0. The predicted octanol–water partition coefficient (Wildman–Crippen LogP) is 1.80. The van der Waals surface area contributed by atoms with Crippen LogP contribution >= 0.6 is 0 Å². The molecule has 0 atom stereocenters. The zero-order chi connectivity index (χ0) is 18.7. The predicted molar refractivity (Wildman–Crippen MR) is 102 cm³/mol. The Labute approximate surface area is 152 Å². The van der Waals surface area contributed by atoms with Gasteiger partial charge in [0.2, 0.25) is 5.91 Å². The number of nitrogen functional groups attached to an aromatic ring is 1. The first-order valence-corrected chi connectivity index (χ1v) is 8.57. The number of hydrogen-bond donors (Lipinski definition) is 3. The van der Waals surface area contributed by atoms with Crippen molar-refractivity contribution >= 4 is 23.1 Å². The number of nitrogens with one attached hydrogen (secondary N) is 2. The molecule has 0 spiro atoms. The Hall–Kier alpha value is -3.09. The number of aromatic nitrogens is 1. The van der Waals surface area contributed by atoms with Crippen LogP contribution in [0.1, 0.15) is 25.0 Å². The van der Waals surface area contributed by atoms with Crippen LogP contribution in [0.15, 0.2) is 36.5 Å². The van der Waals surface area contributed by atoms with Gasteiger partial charge in [-0.1, -0.05) is 0 Å². The SMILES string of the molecule is CC(C)Oc1ccc(N)c(C(=N)c2ccnc(N3CCNC(=O)C3)c2)c1. The van der Waals surface area contributed by atoms with Gasteiger partial charge in [0.05, 0.1) is 18.4 Å². The molecule has 0 radical (unpaired) electrons. The monoisotopic (exact) mass is 353 g/mol. The maximum absolute atomic E-state index is 11.6. The lowest BCUT2D eigenvalue weighted by atomic mass is 10.0. The van der Waals surface area contributed by atoms with E-state index < -0.39 is 0 Å². The molecule has 1 aliphatic rings. The number of amides is 1. The first kappa shape index (κ1) is 17.7. The van der Waals surface area contributed by atoms with E-state index in [4.69, 9.17) is 15.9 Å². The average molecular weight is 353 g/mol. The Balaban J connectivity index is 1.88. The molecule has 26 heavy (non-hydrogen) atoms. The normalized spacial score (nSPS) is 14.3. The summed E-state index contributed by atoms with van der Waals surface area (Å²) in [4.78, 5) is 17.9. The summed E-state index contributed by atoms with van der Waals surface area (Å²) in [5, 5.41) is 11.4. The van der Waals surface area contributed by atoms with Gasteiger partial charge in [-0.05, 0) is 44.2 Å². The molecule has 0 unspecified atom stereocenters. The summed E-state index contributed by atoms with van der Waals surface area (Å²) in [7, 11) is 0. The van der Waals surface area contributed by atoms with Gasteiger partial charge in [0, 0.05) is 36.1 Å². The molecule has 1 amide bonds. The molecule has 1 saturated heterocycles. The summed E-state index contributed by atoms with van der Waals surface area (Å²) < 4.78 is 5.71. The van der Waals surface area contributed by atoms with E-state index in [0.29, 0.717) is 47.2 Å². The fraction of sp³-hybridized carbons (Fsp3) is 0.316. The summed E-state index contributed by atoms with van der Waals surface area (Å²) in [6.07, 6.45) is 1.69. The summed E-state index contributed by atoms with van der Waals surface area (Å²) in [5.41, 5.74) is 8.19. The Morgan fingerprint density at radius 3 is 2.88 bits per heavy atom. The van der Waals surface area contributed by atoms with Crippen LogP contribution in [0, 0.1) is 5.41 Å². The van der Waals surface area contributed by atoms with E-state index in [0.717, 1.165) is 0 Å². The van der Waals surface area contributed by atoms with Gasteiger partial charge in [0.15, 0.2) is 0 Å². The number of nitrogens with zero attached hydrogens (tertiary/aromatic N) is 2. The van der Waals surface area contributed by atoms with Crippen molar-refractivity contribution in [2.45, 2.75) is 20.0 Å². The van der Waals surface area contributed by atoms with E-state index in [1.807, 2.05) is 24.8 Å². The van der Waals surface area contributed by atoms with Gasteiger partial charge in [0.25, 0.3) is 0 Å². The van der Waals surface area contributed by atoms with Crippen molar-refractivity contribution in [1.82, 2.24) is 10.3 Å². The van der Waals surface area contributed by atoms with E-state index in [9.17, 15) is 4.79 Å². The topological polar surface area (TPSA) is 104 Å². The number of nitrogens with two attached hydrogens (primary N) is 1. The van der Waals surface area contributed by atoms with Gasteiger partial charge in [0.1, 0.15) is 11.6 Å². The van der Waals surface area contributed by atoms with Crippen LogP contribution in [0.5, 0.6) is 5.75 Å². The average Bonchev–Trinajstić information content (AvgIpc) is 2.62. The molecule has 0 saturated carbocycles. The van der Waals surface area contributed by atoms with Crippen molar-refractivity contribution in [2.75, 3.05) is 30.3 Å². The minimum Gasteiger partial charge on any atom is -0.491 e. The van der Waals surface area contributed by atoms with Gasteiger partial charge in [-0.2, -0.15) is 0 Å². The van der Waals surface area contributed by atoms with E-state index in [1.54, 1.807) is 30.5 Å². The Morgan fingerprint density at radius 2 is 2.15 bits per heavy atom. The second-order valence-electron chi connectivity index (χ2n) is 6.46. The van der Waals surface area contributed by atoms with Crippen LogP contribution in [0.4, 0.5) is 11.5 Å². The molecule has 7 heteroatoms. The quantitative estimate of drug-likeness (QED) is 0.562. The molecule has 2 heterocycles. The molecule has 0 bridgehead atoms. The van der Waals surface area contributed by atoms with Crippen molar-refractivity contribution < 1.29 is 9.53 Å². The van der Waals surface area contributed by atoms with Crippen molar-refractivity contribution in [2.24, 2.45) is 0 Å². The Kier molecular flexibility index (Phi) is 5.06. The first-order chi connectivity index (χ1) is 12.4. The highest BCUT2D eigenvalue weighted by Gasteiger charge is 2.19. The third-order valence-electron chi connectivity index (χ3n) is 4.06. The number of anilines is 2. The second kappa shape index (κ2) is 7.43. The van der Waals surface area contributed by atoms with Crippen LogP contribution in [0.3, 0.4) is 0 Å². The minimum atomic E-state index is -0.0266. The molecular formula is C19H23N5O2. The van der Waals surface area contributed by atoms with Crippen LogP contribution < -0.4 is 20.7 Å². The fourth-order valence-corrected chi connectivity index (χ4v) is 2.83. The van der Waals surface area contributed by atoms with Crippen molar-refractivity contribution in [1.29, 1.82) is 5.41 Å². The van der Waals surface area contributed by atoms with E-state index in [1.165, 1.54) is 0 Å². The number of piperazine rings is 1. The molecule has 0 aliphatic carbocycles. The highest BCUT2D eigenvalue weighted by molar-refractivity contribution is 6.14. The molecule has 1 aliphatic heterocycles. The summed E-state index contributed by atoms with van der Waals surface area (Å²) in [6, 6.07) is 8.92. The van der Waals surface area contributed by atoms with Gasteiger partial charge in [-0.3, -0.25) is 10.2 Å². The van der Waals surface area contributed by atoms with Crippen molar-refractivity contribution in [3.63, 3.8) is 0 Å². The van der Waals surface area contributed by atoms with E-state index in [2.05, 4.69) is 10.3 Å². The first-order valence-electron chi connectivity index (χ1n) is 8.57. The van der Waals surface area contributed by atoms with Crippen LogP contribution in [0.25, 0.3) is 0 Å². The van der Waals surface area contributed by atoms with E-state index in [-0.39, 0.29) is 18.6 Å². The summed E-state index contributed by atoms with van der Waals surface area (Å²) in [5.74, 6) is 1.33. The van der Waals surface area contributed by atoms with Gasteiger partial charge < -0.3 is 20.7 Å². The van der Waals surface area contributed by atoms with Crippen molar-refractivity contribution in [3.8, 4) is 5.75 Å². The smallest absolute Gasteiger partial charge is 0.239 e. The molecule has 1 aromatic heterocycles. The van der Waals surface area contributed by atoms with Crippen LogP contribution in [-0.4, -0.2) is 42.3 Å². The summed E-state index contributed by atoms with van der Waals surface area (Å²) in [6.45, 7) is 5.44. The number of hydrogen-bond acceptors (Lipinski definition) is 6. The lowest BCUT2D eigenvalue weighted by Crippen LogP contribution is -2.48. The number of rotatable bonds is 5. The lowest BCUT2D eigenvalue weighted by Gasteiger charge is -2.27. The molecule has 136 valence electrons. The maximum Gasteiger partial charge on any atom is 0.239 e. The Morgan fingerprint density at radius 1 is 1.35 bits per heavy atom. The van der Waals surface area contributed by atoms with Crippen molar-refractivity contribution in [3.05, 3.63) is 47.7 Å². The highest BCUT2D eigenvalue weighted by Crippen LogP contribution is 2.24. The van der Waals surface area contributed by atoms with Crippen LogP contribution in [-0.2, 0) is 4.79 Å². The largest absolute Gasteiger partial charge is 0.491 e. The number of ether oxygens (including phenoxy) is 1. The molecule has 1 aromatic carbocycles. The number of pyridine rings is 1. The molecule has 7 nitrogen and oxygen atoms in total. The standard InChI is InChI=1S/C19H23N5O2/c1-12(2)26-14-3-4-16(20)15(10-14)19(21)13-5-6-22-17(9-13)24-8-7-23-18(25)11-24/h3-6,9-10,12,21H,7-8,11,20H2,1-2H3,(H,23,25). The highest BCUT2D eigenvalue weighted by atomic mass is 16.5. The third-order valence-corrected chi connectivity index (χ3v) is 4.06. The minimum absolute atomic E-state index is 0.0266. The number of carbonyl (C=O) groups is 1. The maximum atomic E-state index is 11.6. The van der Waals surface area contributed by atoms with Gasteiger partial charge in [-0.15, -0.1) is 0 Å². The fourth-order valence-electron chi connectivity index (χ4n) is 2.83. The second-order valence-corrected chi connectivity index (χ2v) is 6.46. The zero-order valence-corrected chi connectivity index (χ0v) is 15.0. The van der Waals surface area contributed by atoms with Gasteiger partial charge >= 0.3 is 0 Å². The molecular weight excluding hydrogens is 330 g/mol. The lowest BCUT2D eigenvalue weighted by molar-refractivity contribution is -0.120. The van der Waals surface area contributed by atoms with Gasteiger partial charge in [-0.25, -0.2) is 4.98 Å². The van der Waals surface area contributed by atoms with E-state index >= 15 is 0 Å². The molecule has 2 aromatic rings. The number of benzene rings is 1. The number of carbonyl (C=O) groups excluding carboxylic acids is 1. The molecule has 3 rings (SSSR count).